The Morgan fingerprint density at radius 2 is 2.15 bits per heavy atom. The smallest absolute Gasteiger partial charge is 0.321 e. The second-order valence-corrected chi connectivity index (χ2v) is 9.45. The van der Waals surface area contributed by atoms with Crippen molar-refractivity contribution >= 4 is 66.4 Å². The number of thiazole rings is 1. The van der Waals surface area contributed by atoms with Crippen LogP contribution in [0.2, 0.25) is 5.02 Å². The lowest BCUT2D eigenvalue weighted by atomic mass is 10.2. The molecule has 2 aromatic rings. The van der Waals surface area contributed by atoms with Crippen molar-refractivity contribution in [2.75, 3.05) is 12.4 Å². The van der Waals surface area contributed by atoms with Crippen LogP contribution in [-0.2, 0) is 15.0 Å². The number of benzene rings is 1. The van der Waals surface area contributed by atoms with Crippen LogP contribution in [0.4, 0.5) is 10.1 Å². The van der Waals surface area contributed by atoms with Gasteiger partial charge in [0, 0.05) is 12.7 Å². The number of hydrogen-bond acceptors (Lipinski definition) is 5. The number of likely N-dealkylation sites (N-methyl/N-ethyl adjacent to an activating group) is 1. The van der Waals surface area contributed by atoms with Crippen LogP contribution in [0, 0.1) is 5.82 Å². The fraction of sp³-hybridized carbons (Fsp3) is 0.0714. The van der Waals surface area contributed by atoms with E-state index in [9.17, 15) is 17.6 Å². The van der Waals surface area contributed by atoms with Gasteiger partial charge in [-0.1, -0.05) is 11.6 Å². The number of carbonyl (C=O) groups excluding carboxylic acids is 1. The van der Waals surface area contributed by atoms with Crippen molar-refractivity contribution in [3.05, 3.63) is 55.8 Å². The summed E-state index contributed by atoms with van der Waals surface area (Å²) in [6, 6.07) is 3.62. The average Bonchev–Trinajstić information content (AvgIpc) is 2.99. The minimum Gasteiger partial charge on any atom is -0.321 e. The van der Waals surface area contributed by atoms with Crippen LogP contribution >= 0.6 is 38.9 Å². The molecule has 1 aromatic carbocycles. The van der Waals surface area contributed by atoms with E-state index in [4.69, 9.17) is 11.6 Å². The quantitative estimate of drug-likeness (QED) is 0.732. The zero-order valence-electron chi connectivity index (χ0n) is 12.9. The first-order chi connectivity index (χ1) is 12.2. The van der Waals surface area contributed by atoms with Crippen LogP contribution in [-0.4, -0.2) is 36.4 Å². The van der Waals surface area contributed by atoms with Crippen molar-refractivity contribution in [3.63, 3.8) is 0 Å². The molecule has 0 aliphatic carbocycles. The summed E-state index contributed by atoms with van der Waals surface area (Å²) in [4.78, 5) is 16.6. The lowest BCUT2D eigenvalue weighted by molar-refractivity contribution is -0.113. The Morgan fingerprint density at radius 3 is 2.77 bits per heavy atom. The summed E-state index contributed by atoms with van der Waals surface area (Å²) in [5, 5.41) is 2.65. The van der Waals surface area contributed by atoms with Gasteiger partial charge in [0.25, 0.3) is 5.91 Å². The minimum atomic E-state index is -4.09. The number of halogens is 3. The molecule has 0 fully saturated rings. The van der Waals surface area contributed by atoms with Crippen molar-refractivity contribution < 1.29 is 17.6 Å². The van der Waals surface area contributed by atoms with Gasteiger partial charge in [-0.25, -0.2) is 13.7 Å². The van der Waals surface area contributed by atoms with Gasteiger partial charge in [-0.2, -0.15) is 8.42 Å². The Bertz CT molecular complexity index is 1070. The topological polar surface area (TPSA) is 91.7 Å². The fourth-order valence-corrected chi connectivity index (χ4v) is 4.31. The van der Waals surface area contributed by atoms with E-state index < -0.39 is 21.9 Å². The third kappa shape index (κ3) is 3.80. The minimum absolute atomic E-state index is 0.0427. The van der Waals surface area contributed by atoms with E-state index >= 15 is 0 Å². The molecule has 0 atom stereocenters. The molecule has 0 unspecified atom stereocenters. The predicted octanol–water partition coefficient (Wildman–Crippen LogP) is 3.20. The molecule has 2 heterocycles. The molecule has 1 amide bonds. The predicted molar refractivity (Wildman–Crippen MR) is 101 cm³/mol. The Morgan fingerprint density at radius 1 is 1.42 bits per heavy atom. The first kappa shape index (κ1) is 19.0. The molecule has 1 N–H and O–H groups in total. The van der Waals surface area contributed by atoms with E-state index in [0.717, 1.165) is 10.4 Å². The van der Waals surface area contributed by atoms with Gasteiger partial charge in [0.15, 0.2) is 0 Å². The Labute approximate surface area is 165 Å². The number of rotatable bonds is 3. The molecular formula is C14H9BrClFN4O3S2. The summed E-state index contributed by atoms with van der Waals surface area (Å²) in [6.07, 6.45) is 2.81. The van der Waals surface area contributed by atoms with Crippen LogP contribution in [0.3, 0.4) is 0 Å². The standard InChI is InChI=1S/C14H9BrClFN4O3S2/c1-21-11(13(22)19-7-2-3-9(17)8(16)4-7)5-10(20-26(21,23)24)14-18-6-12(15)25-14/h2-6H,1H3,(H,19,22). The molecule has 0 saturated heterocycles. The van der Waals surface area contributed by atoms with Gasteiger partial charge >= 0.3 is 10.2 Å². The maximum absolute atomic E-state index is 13.2. The molecule has 0 spiro atoms. The zero-order valence-corrected chi connectivity index (χ0v) is 16.9. The third-order valence-corrected chi connectivity index (χ3v) is 6.38. The molecule has 0 saturated carbocycles. The summed E-state index contributed by atoms with van der Waals surface area (Å²) in [7, 11) is -2.89. The average molecular weight is 480 g/mol. The highest BCUT2D eigenvalue weighted by Crippen LogP contribution is 2.26. The molecule has 0 radical (unpaired) electrons. The van der Waals surface area contributed by atoms with Crippen LogP contribution in [0.25, 0.3) is 0 Å². The number of anilines is 1. The van der Waals surface area contributed by atoms with Gasteiger partial charge in [-0.3, -0.25) is 4.79 Å². The van der Waals surface area contributed by atoms with Gasteiger partial charge in [-0.05, 0) is 40.2 Å². The number of nitrogens with one attached hydrogen (secondary N) is 1. The first-order valence-electron chi connectivity index (χ1n) is 6.86. The highest BCUT2D eigenvalue weighted by Gasteiger charge is 2.31. The number of hydrogen-bond donors (Lipinski definition) is 1. The van der Waals surface area contributed by atoms with Crippen molar-refractivity contribution in [3.8, 4) is 0 Å². The number of carbonyl (C=O) groups is 1. The van der Waals surface area contributed by atoms with Crippen molar-refractivity contribution in [1.82, 2.24) is 9.29 Å². The van der Waals surface area contributed by atoms with E-state index in [0.29, 0.717) is 8.79 Å². The summed E-state index contributed by atoms with van der Waals surface area (Å²) >= 11 is 10.1. The van der Waals surface area contributed by atoms with Crippen LogP contribution in [0.1, 0.15) is 5.01 Å². The number of nitrogens with zero attached hydrogens (tertiary/aromatic N) is 3. The van der Waals surface area contributed by atoms with Crippen LogP contribution in [0.5, 0.6) is 0 Å². The zero-order chi connectivity index (χ0) is 19.1. The Hall–Kier alpha value is -1.82. The molecule has 1 aliphatic rings. The molecule has 26 heavy (non-hydrogen) atoms. The van der Waals surface area contributed by atoms with Crippen LogP contribution < -0.4 is 5.32 Å². The summed E-state index contributed by atoms with van der Waals surface area (Å²) in [5.74, 6) is -1.35. The lowest BCUT2D eigenvalue weighted by Crippen LogP contribution is -2.35. The number of allylic oxidation sites excluding steroid dienone is 1. The van der Waals surface area contributed by atoms with Crippen molar-refractivity contribution in [2.45, 2.75) is 0 Å². The van der Waals surface area contributed by atoms with Gasteiger partial charge in [-0.15, -0.1) is 15.7 Å². The molecule has 1 aliphatic heterocycles. The molecule has 3 rings (SSSR count). The summed E-state index contributed by atoms with van der Waals surface area (Å²) < 4.78 is 42.8. The summed E-state index contributed by atoms with van der Waals surface area (Å²) in [5.41, 5.74) is 0.0945. The third-order valence-electron chi connectivity index (χ3n) is 3.28. The van der Waals surface area contributed by atoms with E-state index in [2.05, 4.69) is 30.6 Å². The number of amides is 1. The lowest BCUT2D eigenvalue weighted by Gasteiger charge is -2.23. The molecule has 136 valence electrons. The maximum atomic E-state index is 13.2. The first-order valence-corrected chi connectivity index (χ1v) is 10.2. The molecular weight excluding hydrogens is 471 g/mol. The van der Waals surface area contributed by atoms with Gasteiger partial charge in [0.1, 0.15) is 22.2 Å². The SMILES string of the molecule is CN1C(C(=O)Nc2ccc(F)c(Cl)c2)=CC(c2ncc(Br)s2)=NS1(=O)=O. The Balaban J connectivity index is 1.95. The molecule has 0 bridgehead atoms. The Kier molecular flexibility index (Phi) is 5.15. The van der Waals surface area contributed by atoms with Crippen LogP contribution in [0.15, 0.2) is 44.4 Å². The molecule has 1 aromatic heterocycles. The number of aromatic nitrogens is 1. The van der Waals surface area contributed by atoms with Gasteiger partial charge < -0.3 is 5.32 Å². The van der Waals surface area contributed by atoms with E-state index in [1.54, 1.807) is 0 Å². The largest absolute Gasteiger partial charge is 0.345 e. The second kappa shape index (κ2) is 7.06. The molecule has 7 nitrogen and oxygen atoms in total. The van der Waals surface area contributed by atoms with Gasteiger partial charge in [0.2, 0.25) is 0 Å². The monoisotopic (exact) mass is 478 g/mol. The summed E-state index contributed by atoms with van der Waals surface area (Å²) in [6.45, 7) is 0. The fourth-order valence-electron chi connectivity index (χ4n) is 2.01. The van der Waals surface area contributed by atoms with E-state index in [-0.39, 0.29) is 22.1 Å². The van der Waals surface area contributed by atoms with Crippen molar-refractivity contribution in [2.24, 2.45) is 4.40 Å². The molecule has 12 heteroatoms. The van der Waals surface area contributed by atoms with Gasteiger partial charge in [0.05, 0.1) is 15.0 Å². The van der Waals surface area contributed by atoms with E-state index in [1.807, 2.05) is 0 Å². The highest BCUT2D eigenvalue weighted by molar-refractivity contribution is 9.11. The van der Waals surface area contributed by atoms with E-state index in [1.165, 1.54) is 42.8 Å². The normalized spacial score (nSPS) is 16.1. The second-order valence-electron chi connectivity index (χ2n) is 5.00. The highest BCUT2D eigenvalue weighted by atomic mass is 79.9. The maximum Gasteiger partial charge on any atom is 0.345 e. The van der Waals surface area contributed by atoms with Crippen molar-refractivity contribution in [1.29, 1.82) is 0 Å².